The van der Waals surface area contributed by atoms with E-state index in [1.807, 2.05) is 48.5 Å². The maximum absolute atomic E-state index is 13.0. The summed E-state index contributed by atoms with van der Waals surface area (Å²) in [6.07, 6.45) is 1.15. The van der Waals surface area contributed by atoms with E-state index in [1.165, 1.54) is 56.0 Å². The largest absolute Gasteiger partial charge is 0.478 e. The molecule has 0 aliphatic heterocycles. The van der Waals surface area contributed by atoms with Crippen molar-refractivity contribution in [3.63, 3.8) is 0 Å². The van der Waals surface area contributed by atoms with Crippen molar-refractivity contribution in [1.29, 1.82) is 0 Å². The van der Waals surface area contributed by atoms with E-state index in [2.05, 4.69) is 77.6 Å². The number of hydrogen-bond acceptors (Lipinski definition) is 10. The van der Waals surface area contributed by atoms with Crippen LogP contribution in [0.2, 0.25) is 15.1 Å². The molecule has 1 amide bonds. The van der Waals surface area contributed by atoms with E-state index >= 15 is 0 Å². The molecule has 0 saturated heterocycles. The quantitative estimate of drug-likeness (QED) is 0.0907. The van der Waals surface area contributed by atoms with Crippen LogP contribution in [-0.4, -0.2) is 75.5 Å². The van der Waals surface area contributed by atoms with Gasteiger partial charge in [-0.3, -0.25) is 34.5 Å². The molecule has 6 heterocycles. The van der Waals surface area contributed by atoms with E-state index in [4.69, 9.17) is 55.5 Å². The van der Waals surface area contributed by atoms with Gasteiger partial charge in [0.2, 0.25) is 5.91 Å². The molecular formula is C69H63Cl3N10O8S. The predicted molar refractivity (Wildman–Crippen MR) is 360 cm³/mol. The highest BCUT2D eigenvalue weighted by atomic mass is 35.5. The van der Waals surface area contributed by atoms with Crippen molar-refractivity contribution in [1.82, 2.24) is 43.8 Å². The second kappa shape index (κ2) is 24.6. The summed E-state index contributed by atoms with van der Waals surface area (Å²) in [6.45, 7) is 18.5. The average molecular weight is 1300 g/mol. The number of rotatable bonds is 9. The number of carboxylic acid groups (broad SMARTS) is 1. The van der Waals surface area contributed by atoms with Crippen LogP contribution < -0.4 is 22.4 Å². The van der Waals surface area contributed by atoms with Gasteiger partial charge in [0, 0.05) is 112 Å². The van der Waals surface area contributed by atoms with Gasteiger partial charge in [-0.1, -0.05) is 170 Å². The summed E-state index contributed by atoms with van der Waals surface area (Å²) < 4.78 is 28.2. The van der Waals surface area contributed by atoms with Gasteiger partial charge < -0.3 is 10.8 Å². The molecule has 0 aliphatic carbocycles. The van der Waals surface area contributed by atoms with Crippen molar-refractivity contribution in [2.75, 3.05) is 6.26 Å². The number of carbonyl (C=O) groups is 2. The molecule has 91 heavy (non-hydrogen) atoms. The minimum atomic E-state index is -3.39. The fraction of sp³-hybridized carbons (Fsp3) is 0.188. The second-order valence-corrected chi connectivity index (χ2v) is 28.2. The highest BCUT2D eigenvalue weighted by Gasteiger charge is 2.29. The van der Waals surface area contributed by atoms with Crippen LogP contribution in [0.25, 0.3) is 84.1 Å². The SMILES string of the molecule is CC(C)(C)c1[nH]n2c(=O)cc(-c3cccc(C(=O)O)c3)nc2c1-c1ccc(Cl)cc1.CC(C)(C)c1[nH]n2c(=O)cc(-c3cccc(C(N)=O)c3)nc2c1-c1ccc(Cl)cc1.CC(C)(C)c1[nH]n2c(=O)cc(-c3cccc(S(C)(=O)=O)c3)nc2c1-c1ccc(Cl)cc1. The molecule has 0 unspecified atom stereocenters. The number of aromatic amines is 3. The van der Waals surface area contributed by atoms with E-state index in [9.17, 15) is 37.5 Å². The Kier molecular flexibility index (Phi) is 17.4. The minimum Gasteiger partial charge on any atom is -0.478 e. The van der Waals surface area contributed by atoms with Crippen LogP contribution in [-0.2, 0) is 26.1 Å². The number of carbonyl (C=O) groups excluding carboxylic acids is 1. The zero-order valence-corrected chi connectivity index (χ0v) is 54.3. The number of fused-ring (bicyclic) bond motifs is 3. The van der Waals surface area contributed by atoms with E-state index in [0.29, 0.717) is 71.3 Å². The summed E-state index contributed by atoms with van der Waals surface area (Å²) in [5.41, 5.74) is 16.5. The molecule has 6 N–H and O–H groups in total. The number of primary amides is 1. The first kappa shape index (κ1) is 64.3. The number of nitrogens with zero attached hydrogens (tertiary/aromatic N) is 6. The molecule has 18 nitrogen and oxygen atoms in total. The van der Waals surface area contributed by atoms with Crippen molar-refractivity contribution in [2.45, 2.75) is 83.5 Å². The molecule has 0 fully saturated rings. The Hall–Kier alpha value is -9.66. The highest BCUT2D eigenvalue weighted by molar-refractivity contribution is 7.90. The van der Waals surface area contributed by atoms with Gasteiger partial charge >= 0.3 is 5.97 Å². The topological polar surface area (TPSA) is 265 Å². The Morgan fingerprint density at radius 3 is 1.03 bits per heavy atom. The van der Waals surface area contributed by atoms with Crippen LogP contribution in [0.3, 0.4) is 0 Å². The number of benzene rings is 6. The molecule has 12 aromatic rings. The number of aromatic carboxylic acids is 1. The summed E-state index contributed by atoms with van der Waals surface area (Å²) in [7, 11) is -3.39. The fourth-order valence-electron chi connectivity index (χ4n) is 10.4. The normalized spacial score (nSPS) is 12.0. The zero-order valence-electron chi connectivity index (χ0n) is 51.2. The molecule has 0 atom stereocenters. The molecule has 0 saturated carbocycles. The molecule has 464 valence electrons. The van der Waals surface area contributed by atoms with E-state index in [1.54, 1.807) is 72.8 Å². The first-order valence-corrected chi connectivity index (χ1v) is 31.6. The predicted octanol–water partition coefficient (Wildman–Crippen LogP) is 14.1. The number of hydrogen-bond donors (Lipinski definition) is 5. The number of H-pyrrole nitrogens is 3. The molecule has 0 spiro atoms. The summed E-state index contributed by atoms with van der Waals surface area (Å²) >= 11 is 18.2. The Bertz CT molecular complexity index is 4930. The molecule has 0 bridgehead atoms. The monoisotopic (exact) mass is 1300 g/mol. The molecule has 22 heteroatoms. The van der Waals surface area contributed by atoms with Gasteiger partial charge in [0.1, 0.15) is 0 Å². The number of sulfone groups is 1. The Labute approximate surface area is 537 Å². The summed E-state index contributed by atoms with van der Waals surface area (Å²) in [6, 6.07) is 46.1. The van der Waals surface area contributed by atoms with Crippen molar-refractivity contribution in [3.05, 3.63) is 238 Å². The number of nitrogens with two attached hydrogens (primary N) is 1. The van der Waals surface area contributed by atoms with Crippen LogP contribution in [0.1, 0.15) is 100 Å². The van der Waals surface area contributed by atoms with E-state index < -0.39 is 21.7 Å². The standard InChI is InChI=1S/C23H21ClN4O2.C23H22ClN3O3S.C23H20ClN3O3/c1-23(2,3)20-19(13-7-9-16(24)10-8-13)22-26-17(12-18(29)28(22)27-20)14-5-4-6-15(11-14)21(25)30;1-23(2,3)21-20(14-8-10-16(24)11-9-14)22-25-18(13-19(28)27(22)26-21)15-6-5-7-17(12-15)31(4,29)30;1-23(2,3)20-19(13-7-9-16(24)10-8-13)21-25-17(12-18(28)27(21)26-20)14-5-4-6-15(11-14)22(29)30/h4-12,27H,1-3H3,(H2,25,30);5-13,26H,1-4H3;4-12,26H,1-3H3,(H,29,30). The second-order valence-electron chi connectivity index (χ2n) is 24.9. The van der Waals surface area contributed by atoms with Gasteiger partial charge in [-0.2, -0.15) is 0 Å². The molecule has 0 radical (unpaired) electrons. The molecule has 0 aliphatic rings. The average Bonchev–Trinajstić information content (AvgIpc) is 1.64. The lowest BCUT2D eigenvalue weighted by Gasteiger charge is -2.18. The van der Waals surface area contributed by atoms with E-state index in [0.717, 1.165) is 56.7 Å². The summed E-state index contributed by atoms with van der Waals surface area (Å²) in [5.74, 6) is -1.57. The zero-order chi connectivity index (χ0) is 65.8. The third-order valence-corrected chi connectivity index (χ3v) is 16.8. The summed E-state index contributed by atoms with van der Waals surface area (Å²) in [4.78, 5) is 76.2. The van der Waals surface area contributed by atoms with Crippen molar-refractivity contribution >= 4 is 73.5 Å². The van der Waals surface area contributed by atoms with E-state index in [-0.39, 0.29) is 43.4 Å². The Balaban J connectivity index is 0.000000150. The lowest BCUT2D eigenvalue weighted by atomic mass is 9.87. The van der Waals surface area contributed by atoms with Crippen LogP contribution >= 0.6 is 34.8 Å². The third-order valence-electron chi connectivity index (χ3n) is 14.9. The lowest BCUT2D eigenvalue weighted by molar-refractivity contribution is 0.0696. The van der Waals surface area contributed by atoms with Crippen LogP contribution in [0, 0.1) is 0 Å². The fourth-order valence-corrected chi connectivity index (χ4v) is 11.4. The highest BCUT2D eigenvalue weighted by Crippen LogP contribution is 2.39. The maximum Gasteiger partial charge on any atom is 0.335 e. The van der Waals surface area contributed by atoms with Crippen LogP contribution in [0.15, 0.2) is 183 Å². The van der Waals surface area contributed by atoms with Gasteiger partial charge in [-0.25, -0.2) is 41.7 Å². The molecule has 6 aromatic carbocycles. The van der Waals surface area contributed by atoms with Crippen LogP contribution in [0.4, 0.5) is 0 Å². The lowest BCUT2D eigenvalue weighted by Crippen LogP contribution is -2.17. The Morgan fingerprint density at radius 2 is 0.736 bits per heavy atom. The van der Waals surface area contributed by atoms with Crippen molar-refractivity contribution in [3.8, 4) is 67.2 Å². The van der Waals surface area contributed by atoms with Gasteiger partial charge in [-0.15, -0.1) is 0 Å². The first-order chi connectivity index (χ1) is 42.7. The van der Waals surface area contributed by atoms with Crippen molar-refractivity contribution in [2.24, 2.45) is 5.73 Å². The molecular weight excluding hydrogens is 1240 g/mol. The van der Waals surface area contributed by atoms with Crippen LogP contribution in [0.5, 0.6) is 0 Å². The van der Waals surface area contributed by atoms with Crippen molar-refractivity contribution < 1.29 is 23.1 Å². The van der Waals surface area contributed by atoms with Gasteiger partial charge in [0.15, 0.2) is 26.8 Å². The number of carboxylic acids is 1. The maximum atomic E-state index is 13.0. The van der Waals surface area contributed by atoms with Gasteiger partial charge in [0.05, 0.1) is 27.5 Å². The Morgan fingerprint density at radius 1 is 0.440 bits per heavy atom. The van der Waals surface area contributed by atoms with Gasteiger partial charge in [-0.05, 0) is 89.5 Å². The summed E-state index contributed by atoms with van der Waals surface area (Å²) in [5, 5.41) is 20.8. The number of aromatic nitrogens is 9. The minimum absolute atomic E-state index is 0.136. The number of nitrogens with one attached hydrogen (secondary N) is 3. The number of halogens is 3. The smallest absolute Gasteiger partial charge is 0.335 e. The molecule has 6 aromatic heterocycles. The molecule has 12 rings (SSSR count). The van der Waals surface area contributed by atoms with Gasteiger partial charge in [0.25, 0.3) is 16.7 Å². The third kappa shape index (κ3) is 13.6. The first-order valence-electron chi connectivity index (χ1n) is 28.6. The number of amides is 1.